The van der Waals surface area contributed by atoms with Gasteiger partial charge >= 0.3 is 0 Å². The first-order valence-corrected chi connectivity index (χ1v) is 9.78. The molecule has 1 aliphatic carbocycles. The van der Waals surface area contributed by atoms with E-state index < -0.39 is 11.8 Å². The first kappa shape index (κ1) is 18.6. The number of halogens is 1. The van der Waals surface area contributed by atoms with Crippen molar-refractivity contribution in [1.82, 2.24) is 5.32 Å². The molecule has 2 amide bonds. The molecule has 26 heavy (non-hydrogen) atoms. The van der Waals surface area contributed by atoms with E-state index >= 15 is 0 Å². The lowest BCUT2D eigenvalue weighted by atomic mass is 9.98. The summed E-state index contributed by atoms with van der Waals surface area (Å²) in [6.45, 7) is 0.175. The van der Waals surface area contributed by atoms with Crippen molar-refractivity contribution >= 4 is 23.2 Å². The Labute approximate surface area is 156 Å². The first-order valence-electron chi connectivity index (χ1n) is 8.96. The van der Waals surface area contributed by atoms with Crippen LogP contribution in [-0.2, 0) is 24.1 Å². The van der Waals surface area contributed by atoms with Crippen molar-refractivity contribution in [2.24, 2.45) is 11.7 Å². The van der Waals surface area contributed by atoms with Gasteiger partial charge in [0.05, 0.1) is 10.8 Å². The largest absolute Gasteiger partial charge is 0.369 e. The molecule has 0 saturated heterocycles. The minimum Gasteiger partial charge on any atom is -0.369 e. The van der Waals surface area contributed by atoms with Gasteiger partial charge in [-0.2, -0.15) is 0 Å². The van der Waals surface area contributed by atoms with E-state index in [1.807, 2.05) is 6.07 Å². The van der Waals surface area contributed by atoms with Crippen molar-refractivity contribution in [3.8, 4) is 0 Å². The van der Waals surface area contributed by atoms with Gasteiger partial charge in [-0.15, -0.1) is 11.3 Å². The lowest BCUT2D eigenvalue weighted by Gasteiger charge is -2.14. The van der Waals surface area contributed by atoms with Crippen molar-refractivity contribution in [2.45, 2.75) is 38.5 Å². The molecule has 1 heterocycles. The number of thiophene rings is 1. The highest BCUT2D eigenvalue weighted by Crippen LogP contribution is 2.28. The Morgan fingerprint density at radius 3 is 2.62 bits per heavy atom. The van der Waals surface area contributed by atoms with E-state index in [-0.39, 0.29) is 18.3 Å². The molecule has 1 atom stereocenters. The number of carbonyl (C=O) groups is 2. The van der Waals surface area contributed by atoms with E-state index in [2.05, 4.69) is 5.32 Å². The van der Waals surface area contributed by atoms with E-state index in [0.717, 1.165) is 18.4 Å². The van der Waals surface area contributed by atoms with Crippen molar-refractivity contribution in [3.05, 3.63) is 57.0 Å². The first-order chi connectivity index (χ1) is 12.5. The van der Waals surface area contributed by atoms with Crippen LogP contribution >= 0.6 is 11.3 Å². The Morgan fingerprint density at radius 2 is 1.88 bits per heavy atom. The van der Waals surface area contributed by atoms with Gasteiger partial charge < -0.3 is 11.1 Å². The monoisotopic (exact) mass is 374 g/mol. The lowest BCUT2D eigenvalue weighted by molar-refractivity contribution is -0.121. The number of rotatable bonds is 6. The summed E-state index contributed by atoms with van der Waals surface area (Å²) in [6.07, 6.45) is 6.04. The predicted molar refractivity (Wildman–Crippen MR) is 101 cm³/mol. The number of nitrogens with two attached hydrogens (primary N) is 1. The molecule has 1 aliphatic rings. The van der Waals surface area contributed by atoms with E-state index in [9.17, 15) is 14.0 Å². The molecule has 6 heteroatoms. The molecule has 0 fully saturated rings. The maximum atomic E-state index is 13.0. The second-order valence-electron chi connectivity index (χ2n) is 6.76. The quantitative estimate of drug-likeness (QED) is 0.762. The van der Waals surface area contributed by atoms with Gasteiger partial charge in [-0.3, -0.25) is 9.59 Å². The van der Waals surface area contributed by atoms with Crippen LogP contribution in [0.15, 0.2) is 30.3 Å². The van der Waals surface area contributed by atoms with Gasteiger partial charge in [-0.1, -0.05) is 18.6 Å². The van der Waals surface area contributed by atoms with Crippen LogP contribution in [0.3, 0.4) is 0 Å². The third-order valence-electron chi connectivity index (χ3n) is 4.78. The summed E-state index contributed by atoms with van der Waals surface area (Å²) < 4.78 is 13.0. The summed E-state index contributed by atoms with van der Waals surface area (Å²) in [5.41, 5.74) is 7.57. The van der Waals surface area contributed by atoms with Crippen LogP contribution in [0.5, 0.6) is 0 Å². The van der Waals surface area contributed by atoms with Crippen LogP contribution in [0.2, 0.25) is 0 Å². The summed E-state index contributed by atoms with van der Waals surface area (Å²) in [5.74, 6) is -1.48. The number of fused-ring (bicyclic) bond motifs is 1. The average molecular weight is 374 g/mol. The van der Waals surface area contributed by atoms with Crippen LogP contribution in [-0.4, -0.2) is 18.4 Å². The molecule has 1 unspecified atom stereocenters. The van der Waals surface area contributed by atoms with Crippen molar-refractivity contribution in [2.75, 3.05) is 6.54 Å². The van der Waals surface area contributed by atoms with Gasteiger partial charge in [0.15, 0.2) is 0 Å². The Morgan fingerprint density at radius 1 is 1.15 bits per heavy atom. The summed E-state index contributed by atoms with van der Waals surface area (Å²) in [6, 6.07) is 7.95. The fourth-order valence-corrected chi connectivity index (χ4v) is 4.43. The maximum absolute atomic E-state index is 13.0. The van der Waals surface area contributed by atoms with E-state index in [1.165, 1.54) is 41.8 Å². The zero-order chi connectivity index (χ0) is 18.5. The smallest absolute Gasteiger partial charge is 0.261 e. The minimum absolute atomic E-state index is 0.159. The average Bonchev–Trinajstić information content (AvgIpc) is 2.90. The molecule has 0 saturated carbocycles. The van der Waals surface area contributed by atoms with Crippen LogP contribution < -0.4 is 11.1 Å². The van der Waals surface area contributed by atoms with Crippen LogP contribution in [0.25, 0.3) is 0 Å². The summed E-state index contributed by atoms with van der Waals surface area (Å²) in [5, 5.41) is 2.83. The number of aryl methyl sites for hydroxylation is 2. The van der Waals surface area contributed by atoms with Crippen molar-refractivity contribution in [1.29, 1.82) is 0 Å². The molecule has 3 N–H and O–H groups in total. The second-order valence-corrected chi connectivity index (χ2v) is 7.90. The molecule has 0 aliphatic heterocycles. The van der Waals surface area contributed by atoms with Gasteiger partial charge in [0, 0.05) is 11.4 Å². The number of carbonyl (C=O) groups excluding carboxylic acids is 2. The highest BCUT2D eigenvalue weighted by Gasteiger charge is 2.20. The summed E-state index contributed by atoms with van der Waals surface area (Å²) >= 11 is 1.55. The third-order valence-corrected chi connectivity index (χ3v) is 6.01. The molecule has 3 rings (SSSR count). The molecule has 4 nitrogen and oxygen atoms in total. The maximum Gasteiger partial charge on any atom is 0.261 e. The fraction of sp³-hybridized carbons (Fsp3) is 0.400. The molecule has 0 radical (unpaired) electrons. The molecule has 1 aromatic heterocycles. The van der Waals surface area contributed by atoms with E-state index in [4.69, 9.17) is 5.73 Å². The number of benzene rings is 1. The Kier molecular flexibility index (Phi) is 6.04. The SMILES string of the molecule is NC(=O)C(CNC(=O)c1cc2c(s1)CCCCC2)Cc1ccc(F)cc1. The molecule has 138 valence electrons. The minimum atomic E-state index is -0.526. The van der Waals surface area contributed by atoms with Gasteiger partial charge in [-0.05, 0) is 61.4 Å². The van der Waals surface area contributed by atoms with Crippen molar-refractivity contribution < 1.29 is 14.0 Å². The number of hydrogen-bond donors (Lipinski definition) is 2. The fourth-order valence-electron chi connectivity index (χ4n) is 3.26. The van der Waals surface area contributed by atoms with E-state index in [1.54, 1.807) is 23.5 Å². The Balaban J connectivity index is 1.61. The van der Waals surface area contributed by atoms with Crippen LogP contribution in [0.4, 0.5) is 4.39 Å². The Bertz CT molecular complexity index is 762. The van der Waals surface area contributed by atoms with Gasteiger partial charge in [0.1, 0.15) is 5.82 Å². The highest BCUT2D eigenvalue weighted by atomic mass is 32.1. The molecular weight excluding hydrogens is 351 g/mol. The topological polar surface area (TPSA) is 72.2 Å². The standard InChI is InChI=1S/C20H23FN2O2S/c21-16-8-6-13(7-9-16)10-15(19(22)24)12-23-20(25)18-11-14-4-2-1-3-5-17(14)26-18/h6-9,11,15H,1-5,10,12H2,(H2,22,24)(H,23,25). The third kappa shape index (κ3) is 4.69. The highest BCUT2D eigenvalue weighted by molar-refractivity contribution is 7.14. The molecule has 0 spiro atoms. The Hall–Kier alpha value is -2.21. The summed E-state index contributed by atoms with van der Waals surface area (Å²) in [4.78, 5) is 26.2. The predicted octanol–water partition coefficient (Wildman–Crippen LogP) is 3.23. The van der Waals surface area contributed by atoms with Gasteiger partial charge in [0.25, 0.3) is 5.91 Å². The van der Waals surface area contributed by atoms with Crippen LogP contribution in [0.1, 0.15) is 44.9 Å². The summed E-state index contributed by atoms with van der Waals surface area (Å²) in [7, 11) is 0. The number of primary amides is 1. The molecule has 2 aromatic rings. The molecule has 0 bridgehead atoms. The van der Waals surface area contributed by atoms with Gasteiger partial charge in [-0.25, -0.2) is 4.39 Å². The number of hydrogen-bond acceptors (Lipinski definition) is 3. The zero-order valence-corrected chi connectivity index (χ0v) is 15.4. The van der Waals surface area contributed by atoms with Crippen molar-refractivity contribution in [3.63, 3.8) is 0 Å². The molecular formula is C20H23FN2O2S. The van der Waals surface area contributed by atoms with Gasteiger partial charge in [0.2, 0.25) is 5.91 Å². The number of nitrogens with one attached hydrogen (secondary N) is 1. The number of amides is 2. The van der Waals surface area contributed by atoms with E-state index in [0.29, 0.717) is 11.3 Å². The zero-order valence-electron chi connectivity index (χ0n) is 14.6. The van der Waals surface area contributed by atoms with Crippen LogP contribution in [0, 0.1) is 11.7 Å². The molecule has 1 aromatic carbocycles. The normalized spacial score (nSPS) is 15.0. The lowest BCUT2D eigenvalue weighted by Crippen LogP contribution is -2.37. The second kappa shape index (κ2) is 8.45.